The van der Waals surface area contributed by atoms with Gasteiger partial charge in [0.15, 0.2) is 0 Å². The number of carbonyl (C=O) groups is 1. The Labute approximate surface area is 159 Å². The molecule has 2 aromatic rings. The van der Waals surface area contributed by atoms with Gasteiger partial charge in [0, 0.05) is 26.2 Å². The van der Waals surface area contributed by atoms with Crippen molar-refractivity contribution in [3.8, 4) is 0 Å². The summed E-state index contributed by atoms with van der Waals surface area (Å²) in [4.78, 5) is 16.2. The lowest BCUT2D eigenvalue weighted by molar-refractivity contribution is -0.133. The lowest BCUT2D eigenvalue weighted by atomic mass is 10.1. The lowest BCUT2D eigenvalue weighted by Crippen LogP contribution is -2.51. The van der Waals surface area contributed by atoms with Crippen molar-refractivity contribution in [3.63, 3.8) is 0 Å². The van der Waals surface area contributed by atoms with Crippen molar-refractivity contribution < 1.29 is 9.18 Å². The second-order valence-corrected chi connectivity index (χ2v) is 5.65. The van der Waals surface area contributed by atoms with Gasteiger partial charge >= 0.3 is 0 Å². The summed E-state index contributed by atoms with van der Waals surface area (Å²) in [6, 6.07) is 15.4. The number of halogens is 3. The van der Waals surface area contributed by atoms with Crippen molar-refractivity contribution in [3.05, 3.63) is 66.0 Å². The first kappa shape index (κ1) is 21.2. The molecule has 1 heterocycles. The highest BCUT2D eigenvalue weighted by Gasteiger charge is 2.26. The molecule has 3 rings (SSSR count). The minimum atomic E-state index is -0.642. The number of rotatable bonds is 3. The lowest BCUT2D eigenvalue weighted by Gasteiger charge is -2.37. The summed E-state index contributed by atoms with van der Waals surface area (Å²) < 4.78 is 13.8. The van der Waals surface area contributed by atoms with Crippen LogP contribution in [0.15, 0.2) is 54.6 Å². The Balaban J connectivity index is 0.00000156. The molecule has 1 aliphatic rings. The van der Waals surface area contributed by atoms with E-state index in [-0.39, 0.29) is 36.5 Å². The molecule has 7 heteroatoms. The summed E-state index contributed by atoms with van der Waals surface area (Å²) in [5.74, 6) is -0.308. The topological polar surface area (TPSA) is 49.6 Å². The summed E-state index contributed by atoms with van der Waals surface area (Å²) in [5.41, 5.74) is 7.48. The van der Waals surface area contributed by atoms with Gasteiger partial charge in [-0.3, -0.25) is 4.79 Å². The number of nitrogens with two attached hydrogens (primary N) is 1. The highest BCUT2D eigenvalue weighted by Crippen LogP contribution is 2.21. The summed E-state index contributed by atoms with van der Waals surface area (Å²) in [5, 5.41) is 0. The van der Waals surface area contributed by atoms with E-state index in [9.17, 15) is 9.18 Å². The van der Waals surface area contributed by atoms with Gasteiger partial charge in [0.2, 0.25) is 5.91 Å². The predicted octanol–water partition coefficient (Wildman–Crippen LogP) is 3.02. The number of hydrogen-bond donors (Lipinski definition) is 1. The highest BCUT2D eigenvalue weighted by molar-refractivity contribution is 5.85. The molecule has 1 amide bonds. The first-order valence-electron chi connectivity index (χ1n) is 7.75. The van der Waals surface area contributed by atoms with E-state index in [1.54, 1.807) is 17.0 Å². The van der Waals surface area contributed by atoms with Crippen LogP contribution in [0.3, 0.4) is 0 Å². The van der Waals surface area contributed by atoms with E-state index >= 15 is 0 Å². The zero-order chi connectivity index (χ0) is 16.2. The molecule has 2 aromatic carbocycles. The van der Waals surface area contributed by atoms with Crippen LogP contribution < -0.4 is 10.6 Å². The monoisotopic (exact) mass is 385 g/mol. The van der Waals surface area contributed by atoms with Crippen molar-refractivity contribution >= 4 is 36.4 Å². The molecule has 1 aliphatic heterocycles. The van der Waals surface area contributed by atoms with Crippen LogP contribution in [0.2, 0.25) is 0 Å². The van der Waals surface area contributed by atoms with Gasteiger partial charge in [-0.2, -0.15) is 0 Å². The van der Waals surface area contributed by atoms with Crippen molar-refractivity contribution in [2.45, 2.75) is 6.04 Å². The molecule has 1 saturated heterocycles. The SMILES string of the molecule is Cl.Cl.NC(C(=O)N1CCN(c2ccccc2F)CC1)c1ccccc1. The molecule has 0 saturated carbocycles. The third kappa shape index (κ3) is 4.84. The Morgan fingerprint density at radius 1 is 0.920 bits per heavy atom. The molecule has 0 aromatic heterocycles. The van der Waals surface area contributed by atoms with E-state index in [1.807, 2.05) is 41.3 Å². The third-order valence-corrected chi connectivity index (χ3v) is 4.21. The van der Waals surface area contributed by atoms with Crippen LogP contribution in [0.4, 0.5) is 10.1 Å². The van der Waals surface area contributed by atoms with Crippen LogP contribution >= 0.6 is 24.8 Å². The summed E-state index contributed by atoms with van der Waals surface area (Å²) >= 11 is 0. The second-order valence-electron chi connectivity index (χ2n) is 5.65. The smallest absolute Gasteiger partial charge is 0.244 e. The molecule has 4 nitrogen and oxygen atoms in total. The summed E-state index contributed by atoms with van der Waals surface area (Å²) in [6.45, 7) is 2.31. The Morgan fingerprint density at radius 2 is 1.48 bits per heavy atom. The molecular weight excluding hydrogens is 364 g/mol. The van der Waals surface area contributed by atoms with Gasteiger partial charge in [-0.15, -0.1) is 24.8 Å². The van der Waals surface area contributed by atoms with Crippen LogP contribution in [0.5, 0.6) is 0 Å². The van der Waals surface area contributed by atoms with Crippen molar-refractivity contribution in [2.75, 3.05) is 31.1 Å². The van der Waals surface area contributed by atoms with Crippen molar-refractivity contribution in [1.29, 1.82) is 0 Å². The quantitative estimate of drug-likeness (QED) is 0.883. The number of carbonyl (C=O) groups excluding carboxylic acids is 1. The van der Waals surface area contributed by atoms with Gasteiger partial charge in [-0.1, -0.05) is 42.5 Å². The van der Waals surface area contributed by atoms with Gasteiger partial charge < -0.3 is 15.5 Å². The fourth-order valence-electron chi connectivity index (χ4n) is 2.88. The summed E-state index contributed by atoms with van der Waals surface area (Å²) in [7, 11) is 0. The Bertz CT molecular complexity index is 679. The van der Waals surface area contributed by atoms with Crippen molar-refractivity contribution in [1.82, 2.24) is 4.90 Å². The predicted molar refractivity (Wildman–Crippen MR) is 103 cm³/mol. The fraction of sp³-hybridized carbons (Fsp3) is 0.278. The zero-order valence-electron chi connectivity index (χ0n) is 13.7. The van der Waals surface area contributed by atoms with Crippen LogP contribution in [-0.2, 0) is 4.79 Å². The number of hydrogen-bond acceptors (Lipinski definition) is 3. The van der Waals surface area contributed by atoms with E-state index in [4.69, 9.17) is 5.73 Å². The maximum Gasteiger partial charge on any atom is 0.244 e. The molecule has 0 spiro atoms. The molecule has 1 atom stereocenters. The normalized spacial score (nSPS) is 15.0. The molecular formula is C18H22Cl2FN3O. The Kier molecular flexibility index (Phi) is 8.16. The average molecular weight is 386 g/mol. The number of piperazine rings is 1. The van der Waals surface area contributed by atoms with E-state index in [2.05, 4.69) is 0 Å². The van der Waals surface area contributed by atoms with Crippen LogP contribution in [0.25, 0.3) is 0 Å². The standard InChI is InChI=1S/C18H20FN3O.2ClH/c19-15-8-4-5-9-16(15)21-10-12-22(13-11-21)18(23)17(20)14-6-2-1-3-7-14;;/h1-9,17H,10-13,20H2;2*1H. The maximum absolute atomic E-state index is 13.8. The highest BCUT2D eigenvalue weighted by atomic mass is 35.5. The molecule has 25 heavy (non-hydrogen) atoms. The molecule has 0 radical (unpaired) electrons. The van der Waals surface area contributed by atoms with Crippen LogP contribution in [0, 0.1) is 5.82 Å². The van der Waals surface area contributed by atoms with Crippen molar-refractivity contribution in [2.24, 2.45) is 5.73 Å². The number of para-hydroxylation sites is 1. The molecule has 1 fully saturated rings. The minimum absolute atomic E-state index is 0. The van der Waals surface area contributed by atoms with E-state index in [1.165, 1.54) is 6.07 Å². The van der Waals surface area contributed by atoms with Gasteiger partial charge in [0.25, 0.3) is 0 Å². The van der Waals surface area contributed by atoms with Gasteiger partial charge in [-0.05, 0) is 17.7 Å². The maximum atomic E-state index is 13.8. The fourth-order valence-corrected chi connectivity index (χ4v) is 2.88. The second kappa shape index (κ2) is 9.61. The van der Waals surface area contributed by atoms with E-state index in [0.29, 0.717) is 31.9 Å². The Hall–Kier alpha value is -1.82. The third-order valence-electron chi connectivity index (χ3n) is 4.21. The van der Waals surface area contributed by atoms with Gasteiger partial charge in [0.1, 0.15) is 11.9 Å². The van der Waals surface area contributed by atoms with Crippen LogP contribution in [-0.4, -0.2) is 37.0 Å². The van der Waals surface area contributed by atoms with Gasteiger partial charge in [0.05, 0.1) is 5.69 Å². The number of amides is 1. The molecule has 1 unspecified atom stereocenters. The molecule has 136 valence electrons. The summed E-state index contributed by atoms with van der Waals surface area (Å²) in [6.07, 6.45) is 0. The van der Waals surface area contributed by atoms with Gasteiger partial charge in [-0.25, -0.2) is 4.39 Å². The molecule has 0 bridgehead atoms. The largest absolute Gasteiger partial charge is 0.366 e. The van der Waals surface area contributed by atoms with Crippen LogP contribution in [0.1, 0.15) is 11.6 Å². The Morgan fingerprint density at radius 3 is 2.08 bits per heavy atom. The number of nitrogens with zero attached hydrogens (tertiary/aromatic N) is 2. The first-order chi connectivity index (χ1) is 11.2. The average Bonchev–Trinajstić information content (AvgIpc) is 2.62. The zero-order valence-corrected chi connectivity index (χ0v) is 15.3. The van der Waals surface area contributed by atoms with E-state index < -0.39 is 6.04 Å². The molecule has 0 aliphatic carbocycles. The number of benzene rings is 2. The van der Waals surface area contributed by atoms with E-state index in [0.717, 1.165) is 5.56 Å². The molecule has 2 N–H and O–H groups in total. The number of anilines is 1. The first-order valence-corrected chi connectivity index (χ1v) is 7.75. The minimum Gasteiger partial charge on any atom is -0.366 e.